The van der Waals surface area contributed by atoms with Crippen molar-refractivity contribution >= 4 is 23.3 Å². The van der Waals surface area contributed by atoms with Gasteiger partial charge < -0.3 is 15.4 Å². The Morgan fingerprint density at radius 1 is 1.33 bits per heavy atom. The molecule has 24 heavy (non-hydrogen) atoms. The average molecular weight is 335 g/mol. The van der Waals surface area contributed by atoms with Crippen LogP contribution in [0.15, 0.2) is 18.2 Å². The summed E-state index contributed by atoms with van der Waals surface area (Å²) in [7, 11) is 0. The number of nitro groups is 1. The number of nitrogen functional groups attached to an aromatic ring is 1. The number of likely N-dealkylation sites (tertiary alicyclic amines) is 1. The molecule has 0 radical (unpaired) electrons. The molecule has 8 heteroatoms. The Bertz CT molecular complexity index is 651. The van der Waals surface area contributed by atoms with E-state index in [9.17, 15) is 19.7 Å². The van der Waals surface area contributed by atoms with Gasteiger partial charge in [-0.25, -0.2) is 4.79 Å². The molecular formula is C16H21N3O5. The molecule has 2 N–H and O–H groups in total. The number of amides is 1. The number of carbonyl (C=O) groups excluding carboxylic acids is 2. The van der Waals surface area contributed by atoms with Crippen molar-refractivity contribution in [1.29, 1.82) is 0 Å². The van der Waals surface area contributed by atoms with Gasteiger partial charge in [0.05, 0.1) is 10.5 Å². The van der Waals surface area contributed by atoms with Gasteiger partial charge in [0, 0.05) is 29.9 Å². The molecular weight excluding hydrogens is 314 g/mol. The summed E-state index contributed by atoms with van der Waals surface area (Å²) in [5.74, 6) is -1.12. The Morgan fingerprint density at radius 3 is 2.54 bits per heavy atom. The van der Waals surface area contributed by atoms with Crippen molar-refractivity contribution < 1.29 is 19.2 Å². The van der Waals surface area contributed by atoms with Crippen LogP contribution in [-0.2, 0) is 9.53 Å². The molecule has 2 rings (SSSR count). The third-order valence-electron chi connectivity index (χ3n) is 4.28. The van der Waals surface area contributed by atoms with Gasteiger partial charge in [0.2, 0.25) is 0 Å². The molecule has 0 saturated carbocycles. The molecule has 1 saturated heterocycles. The summed E-state index contributed by atoms with van der Waals surface area (Å²) in [5.41, 5.74) is 5.36. The van der Waals surface area contributed by atoms with Crippen LogP contribution < -0.4 is 5.73 Å². The van der Waals surface area contributed by atoms with Gasteiger partial charge in [0.15, 0.2) is 6.61 Å². The summed E-state index contributed by atoms with van der Waals surface area (Å²) in [6.45, 7) is 3.53. The highest BCUT2D eigenvalue weighted by Crippen LogP contribution is 2.23. The van der Waals surface area contributed by atoms with Gasteiger partial charge in [-0.1, -0.05) is 0 Å². The van der Waals surface area contributed by atoms with Crippen molar-refractivity contribution in [3.8, 4) is 0 Å². The maximum atomic E-state index is 12.3. The molecule has 0 aromatic heterocycles. The Balaban J connectivity index is 2.04. The van der Waals surface area contributed by atoms with Gasteiger partial charge in [-0.2, -0.15) is 0 Å². The first-order chi connectivity index (χ1) is 11.3. The minimum Gasteiger partial charge on any atom is -0.452 e. The van der Waals surface area contributed by atoms with Crippen LogP contribution >= 0.6 is 0 Å². The van der Waals surface area contributed by atoms with Gasteiger partial charge in [-0.05, 0) is 39.2 Å². The first-order valence-corrected chi connectivity index (χ1v) is 7.83. The molecule has 1 aromatic rings. The second-order valence-electron chi connectivity index (χ2n) is 6.03. The van der Waals surface area contributed by atoms with E-state index in [-0.39, 0.29) is 34.9 Å². The standard InChI is InChI=1S/C16H21N3O5/c1-10-4-3-5-11(2)18(10)15(20)9-24-16(21)13-8-12(19(22)23)6-7-14(13)17/h6-8,10-11H,3-5,9,17H2,1-2H3/t10-,11-/m1/s1. The summed E-state index contributed by atoms with van der Waals surface area (Å²) in [6.07, 6.45) is 2.90. The molecule has 1 fully saturated rings. The molecule has 0 bridgehead atoms. The van der Waals surface area contributed by atoms with Gasteiger partial charge in [-0.15, -0.1) is 0 Å². The van der Waals surface area contributed by atoms with E-state index < -0.39 is 17.5 Å². The van der Waals surface area contributed by atoms with Crippen LogP contribution in [0.25, 0.3) is 0 Å². The van der Waals surface area contributed by atoms with E-state index in [0.29, 0.717) is 0 Å². The van der Waals surface area contributed by atoms with Gasteiger partial charge in [0.25, 0.3) is 11.6 Å². The number of benzene rings is 1. The lowest BCUT2D eigenvalue weighted by Gasteiger charge is -2.38. The smallest absolute Gasteiger partial charge is 0.341 e. The zero-order chi connectivity index (χ0) is 17.9. The topological polar surface area (TPSA) is 116 Å². The number of non-ortho nitro benzene ring substituents is 1. The summed E-state index contributed by atoms with van der Waals surface area (Å²) < 4.78 is 5.02. The number of carbonyl (C=O) groups is 2. The van der Waals surface area contributed by atoms with Crippen LogP contribution in [0.4, 0.5) is 11.4 Å². The van der Waals surface area contributed by atoms with Gasteiger partial charge in [0.1, 0.15) is 0 Å². The third kappa shape index (κ3) is 3.81. The number of piperidine rings is 1. The molecule has 8 nitrogen and oxygen atoms in total. The fraction of sp³-hybridized carbons (Fsp3) is 0.500. The quantitative estimate of drug-likeness (QED) is 0.390. The second kappa shape index (κ2) is 7.29. The van der Waals surface area contributed by atoms with Crippen LogP contribution in [0.1, 0.15) is 43.5 Å². The number of hydrogen-bond acceptors (Lipinski definition) is 6. The number of esters is 1. The first kappa shape index (κ1) is 17.7. The zero-order valence-electron chi connectivity index (χ0n) is 13.7. The van der Waals surface area contributed by atoms with Crippen LogP contribution in [-0.4, -0.2) is 40.4 Å². The maximum absolute atomic E-state index is 12.3. The highest BCUT2D eigenvalue weighted by atomic mass is 16.6. The Hall–Kier alpha value is -2.64. The van der Waals surface area contributed by atoms with Crippen molar-refractivity contribution in [3.05, 3.63) is 33.9 Å². The number of nitro benzene ring substituents is 1. The molecule has 1 amide bonds. The highest BCUT2D eigenvalue weighted by molar-refractivity contribution is 5.97. The normalized spacial score (nSPS) is 20.5. The van der Waals surface area contributed by atoms with Crippen molar-refractivity contribution in [2.45, 2.75) is 45.2 Å². The predicted molar refractivity (Wildman–Crippen MR) is 87.4 cm³/mol. The number of rotatable bonds is 4. The van der Waals surface area contributed by atoms with Crippen molar-refractivity contribution in [3.63, 3.8) is 0 Å². The van der Waals surface area contributed by atoms with Crippen LogP contribution in [0.3, 0.4) is 0 Å². The summed E-state index contributed by atoms with van der Waals surface area (Å²) >= 11 is 0. The molecule has 0 unspecified atom stereocenters. The number of ether oxygens (including phenoxy) is 1. The van der Waals surface area contributed by atoms with E-state index in [1.807, 2.05) is 13.8 Å². The number of nitrogens with zero attached hydrogens (tertiary/aromatic N) is 2. The van der Waals surface area contributed by atoms with Crippen molar-refractivity contribution in [2.24, 2.45) is 0 Å². The predicted octanol–water partition coefficient (Wildman–Crippen LogP) is 2.12. The van der Waals surface area contributed by atoms with Gasteiger partial charge in [-0.3, -0.25) is 14.9 Å². The average Bonchev–Trinajstić information content (AvgIpc) is 2.52. The fourth-order valence-corrected chi connectivity index (χ4v) is 3.03. The van der Waals surface area contributed by atoms with Crippen LogP contribution in [0, 0.1) is 10.1 Å². The molecule has 1 aliphatic heterocycles. The van der Waals surface area contributed by atoms with E-state index >= 15 is 0 Å². The molecule has 2 atom stereocenters. The Kier molecular flexibility index (Phi) is 5.38. The summed E-state index contributed by atoms with van der Waals surface area (Å²) in [4.78, 5) is 36.3. The Morgan fingerprint density at radius 2 is 1.96 bits per heavy atom. The monoisotopic (exact) mass is 335 g/mol. The SMILES string of the molecule is C[C@@H]1CCC[C@@H](C)N1C(=O)COC(=O)c1cc([N+](=O)[O-])ccc1N. The lowest BCUT2D eigenvalue weighted by molar-refractivity contribution is -0.384. The third-order valence-corrected chi connectivity index (χ3v) is 4.28. The van der Waals surface area contributed by atoms with Crippen molar-refractivity contribution in [2.75, 3.05) is 12.3 Å². The number of nitrogens with two attached hydrogens (primary N) is 1. The summed E-state index contributed by atoms with van der Waals surface area (Å²) in [6, 6.07) is 3.72. The van der Waals surface area contributed by atoms with E-state index in [1.165, 1.54) is 12.1 Å². The maximum Gasteiger partial charge on any atom is 0.341 e. The van der Waals surface area contributed by atoms with E-state index in [0.717, 1.165) is 25.3 Å². The largest absolute Gasteiger partial charge is 0.452 e. The molecule has 1 aliphatic rings. The molecule has 1 heterocycles. The van der Waals surface area contributed by atoms with E-state index in [2.05, 4.69) is 0 Å². The van der Waals surface area contributed by atoms with Gasteiger partial charge >= 0.3 is 5.97 Å². The van der Waals surface area contributed by atoms with E-state index in [4.69, 9.17) is 10.5 Å². The molecule has 130 valence electrons. The van der Waals surface area contributed by atoms with E-state index in [1.54, 1.807) is 4.90 Å². The van der Waals surface area contributed by atoms with Crippen LogP contribution in [0.5, 0.6) is 0 Å². The highest BCUT2D eigenvalue weighted by Gasteiger charge is 2.29. The number of hydrogen-bond donors (Lipinski definition) is 1. The molecule has 0 spiro atoms. The molecule has 0 aliphatic carbocycles. The lowest BCUT2D eigenvalue weighted by Crippen LogP contribution is -2.49. The lowest BCUT2D eigenvalue weighted by atomic mass is 9.97. The second-order valence-corrected chi connectivity index (χ2v) is 6.03. The first-order valence-electron chi connectivity index (χ1n) is 7.83. The fourth-order valence-electron chi connectivity index (χ4n) is 3.03. The van der Waals surface area contributed by atoms with Crippen molar-refractivity contribution in [1.82, 2.24) is 4.90 Å². The minimum absolute atomic E-state index is 0.0674. The minimum atomic E-state index is -0.845. The zero-order valence-corrected chi connectivity index (χ0v) is 13.7. The number of anilines is 1. The van der Waals surface area contributed by atoms with Crippen LogP contribution in [0.2, 0.25) is 0 Å². The summed E-state index contributed by atoms with van der Waals surface area (Å²) in [5, 5.41) is 10.8. The molecule has 1 aromatic carbocycles. The Labute approximate surface area is 139 Å².